The van der Waals surface area contributed by atoms with Gasteiger partial charge in [-0.2, -0.15) is 13.2 Å². The van der Waals surface area contributed by atoms with E-state index in [0.717, 1.165) is 29.7 Å². The molecule has 1 aliphatic rings. The maximum atomic E-state index is 13.1. The van der Waals surface area contributed by atoms with Crippen molar-refractivity contribution in [3.63, 3.8) is 0 Å². The summed E-state index contributed by atoms with van der Waals surface area (Å²) in [6, 6.07) is 15.4. The van der Waals surface area contributed by atoms with E-state index in [2.05, 4.69) is 4.98 Å². The minimum atomic E-state index is -4.43. The largest absolute Gasteiger partial charge is 0.416 e. The summed E-state index contributed by atoms with van der Waals surface area (Å²) in [4.78, 5) is 16.0. The molecule has 4 nitrogen and oxygen atoms in total. The molecule has 1 fully saturated rings. The van der Waals surface area contributed by atoms with Gasteiger partial charge in [0, 0.05) is 28.7 Å². The second-order valence-corrected chi connectivity index (χ2v) is 7.16. The van der Waals surface area contributed by atoms with Gasteiger partial charge in [-0.25, -0.2) is 4.98 Å². The van der Waals surface area contributed by atoms with Crippen molar-refractivity contribution < 1.29 is 18.0 Å². The molecule has 1 aromatic heterocycles. The van der Waals surface area contributed by atoms with Gasteiger partial charge in [0.05, 0.1) is 17.0 Å². The number of amides is 1. The highest BCUT2D eigenvalue weighted by Crippen LogP contribution is 2.43. The number of primary amides is 1. The number of pyridine rings is 1. The number of alkyl halides is 3. The van der Waals surface area contributed by atoms with E-state index in [0.29, 0.717) is 22.5 Å². The third-order valence-electron chi connectivity index (χ3n) is 5.09. The number of carbonyl (C=O) groups is 1. The molecule has 0 spiro atoms. The Labute approximate surface area is 165 Å². The SMILES string of the molecule is NC(=O)c1ccc(-c2nc(-c3cccc(C(F)(F)F)c3)ccc2[C@H]2C[C@@H]2N)cc1. The summed E-state index contributed by atoms with van der Waals surface area (Å²) in [6.07, 6.45) is -3.60. The molecular weight excluding hydrogens is 379 g/mol. The number of nitrogens with zero attached hydrogens (tertiary/aromatic N) is 1. The van der Waals surface area contributed by atoms with Crippen molar-refractivity contribution in [1.29, 1.82) is 0 Å². The Balaban J connectivity index is 1.80. The van der Waals surface area contributed by atoms with E-state index in [-0.39, 0.29) is 12.0 Å². The van der Waals surface area contributed by atoms with E-state index in [4.69, 9.17) is 11.5 Å². The number of rotatable bonds is 4. The maximum absolute atomic E-state index is 13.1. The molecule has 3 aromatic rings. The lowest BCUT2D eigenvalue weighted by Gasteiger charge is -2.13. The fourth-order valence-electron chi connectivity index (χ4n) is 3.38. The van der Waals surface area contributed by atoms with Gasteiger partial charge in [-0.3, -0.25) is 4.79 Å². The molecule has 0 aliphatic heterocycles. The highest BCUT2D eigenvalue weighted by Gasteiger charge is 2.37. The van der Waals surface area contributed by atoms with Gasteiger partial charge in [0.2, 0.25) is 5.91 Å². The lowest BCUT2D eigenvalue weighted by molar-refractivity contribution is -0.137. The first-order valence-electron chi connectivity index (χ1n) is 9.08. The zero-order chi connectivity index (χ0) is 20.8. The van der Waals surface area contributed by atoms with E-state index in [1.807, 2.05) is 6.07 Å². The highest BCUT2D eigenvalue weighted by atomic mass is 19.4. The Morgan fingerprint density at radius 3 is 2.28 bits per heavy atom. The summed E-state index contributed by atoms with van der Waals surface area (Å²) in [5.74, 6) is -0.379. The standard InChI is InChI=1S/C22H18F3N3O/c23-22(24,25)15-3-1-2-14(10-15)19-9-8-16(17-11-18(17)26)20(28-19)12-4-6-13(7-5-12)21(27)29/h1-10,17-18H,11,26H2,(H2,27,29)/t17-,18+/m1/s1. The third kappa shape index (κ3) is 3.86. The first-order valence-corrected chi connectivity index (χ1v) is 9.08. The zero-order valence-electron chi connectivity index (χ0n) is 15.3. The molecule has 7 heteroatoms. The maximum Gasteiger partial charge on any atom is 0.416 e. The van der Waals surface area contributed by atoms with Crippen LogP contribution in [0.25, 0.3) is 22.5 Å². The summed E-state index contributed by atoms with van der Waals surface area (Å²) in [5.41, 5.74) is 14.1. The van der Waals surface area contributed by atoms with Crippen LogP contribution in [0.5, 0.6) is 0 Å². The molecule has 0 bridgehead atoms. The van der Waals surface area contributed by atoms with Crippen LogP contribution >= 0.6 is 0 Å². The smallest absolute Gasteiger partial charge is 0.366 e. The Morgan fingerprint density at radius 2 is 1.69 bits per heavy atom. The number of hydrogen-bond donors (Lipinski definition) is 2. The van der Waals surface area contributed by atoms with Gasteiger partial charge in [0.15, 0.2) is 0 Å². The fraction of sp³-hybridized carbons (Fsp3) is 0.182. The molecular formula is C22H18F3N3O. The first kappa shape index (κ1) is 19.1. The summed E-state index contributed by atoms with van der Waals surface area (Å²) in [5, 5.41) is 0. The monoisotopic (exact) mass is 397 g/mol. The molecule has 0 unspecified atom stereocenters. The van der Waals surface area contributed by atoms with Gasteiger partial charge in [-0.1, -0.05) is 30.3 Å². The van der Waals surface area contributed by atoms with Crippen molar-refractivity contribution in [3.05, 3.63) is 77.4 Å². The quantitative estimate of drug-likeness (QED) is 0.687. The molecule has 1 heterocycles. The van der Waals surface area contributed by atoms with E-state index < -0.39 is 17.6 Å². The zero-order valence-corrected chi connectivity index (χ0v) is 15.3. The van der Waals surface area contributed by atoms with Crippen molar-refractivity contribution in [2.75, 3.05) is 0 Å². The van der Waals surface area contributed by atoms with Crippen molar-refractivity contribution in [1.82, 2.24) is 4.98 Å². The van der Waals surface area contributed by atoms with Crippen LogP contribution in [0.4, 0.5) is 13.2 Å². The number of hydrogen-bond acceptors (Lipinski definition) is 3. The highest BCUT2D eigenvalue weighted by molar-refractivity contribution is 5.93. The Kier molecular flexibility index (Phi) is 4.62. The van der Waals surface area contributed by atoms with Crippen LogP contribution in [0, 0.1) is 0 Å². The van der Waals surface area contributed by atoms with E-state index in [1.54, 1.807) is 36.4 Å². The predicted octanol–water partition coefficient (Wildman–Crippen LogP) is 4.35. The molecule has 148 valence electrons. The van der Waals surface area contributed by atoms with Gasteiger partial charge >= 0.3 is 6.18 Å². The molecule has 1 saturated carbocycles. The lowest BCUT2D eigenvalue weighted by Crippen LogP contribution is -2.10. The van der Waals surface area contributed by atoms with Crippen molar-refractivity contribution in [3.8, 4) is 22.5 Å². The van der Waals surface area contributed by atoms with Crippen LogP contribution in [0.2, 0.25) is 0 Å². The van der Waals surface area contributed by atoms with Crippen LogP contribution in [0.3, 0.4) is 0 Å². The summed E-state index contributed by atoms with van der Waals surface area (Å²) >= 11 is 0. The third-order valence-corrected chi connectivity index (χ3v) is 5.09. The van der Waals surface area contributed by atoms with Crippen molar-refractivity contribution in [2.45, 2.75) is 24.6 Å². The van der Waals surface area contributed by atoms with Crippen LogP contribution in [-0.2, 0) is 6.18 Å². The van der Waals surface area contributed by atoms with Gasteiger partial charge in [0.1, 0.15) is 0 Å². The Morgan fingerprint density at radius 1 is 1.00 bits per heavy atom. The van der Waals surface area contributed by atoms with Crippen molar-refractivity contribution >= 4 is 5.91 Å². The second kappa shape index (κ2) is 7.00. The lowest BCUT2D eigenvalue weighted by atomic mass is 9.98. The van der Waals surface area contributed by atoms with Crippen LogP contribution in [-0.4, -0.2) is 16.9 Å². The van der Waals surface area contributed by atoms with E-state index in [9.17, 15) is 18.0 Å². The normalized spacial score (nSPS) is 18.5. The number of nitrogens with two attached hydrogens (primary N) is 2. The molecule has 2 atom stereocenters. The van der Waals surface area contributed by atoms with Crippen LogP contribution in [0.1, 0.15) is 33.8 Å². The summed E-state index contributed by atoms with van der Waals surface area (Å²) < 4.78 is 39.2. The topological polar surface area (TPSA) is 82.0 Å². The first-order chi connectivity index (χ1) is 13.7. The van der Waals surface area contributed by atoms with Gasteiger partial charge in [-0.05, 0) is 42.3 Å². The van der Waals surface area contributed by atoms with Crippen LogP contribution in [0.15, 0.2) is 60.7 Å². The minimum Gasteiger partial charge on any atom is -0.366 e. The van der Waals surface area contributed by atoms with Gasteiger partial charge in [0.25, 0.3) is 0 Å². The second-order valence-electron chi connectivity index (χ2n) is 7.16. The number of carbonyl (C=O) groups excluding carboxylic acids is 1. The molecule has 0 saturated heterocycles. The molecule has 29 heavy (non-hydrogen) atoms. The van der Waals surface area contributed by atoms with Gasteiger partial charge < -0.3 is 11.5 Å². The van der Waals surface area contributed by atoms with Crippen LogP contribution < -0.4 is 11.5 Å². The molecule has 0 radical (unpaired) electrons. The fourth-order valence-corrected chi connectivity index (χ4v) is 3.38. The molecule has 4 rings (SSSR count). The Hall–Kier alpha value is -3.19. The van der Waals surface area contributed by atoms with Crippen molar-refractivity contribution in [2.24, 2.45) is 11.5 Å². The van der Waals surface area contributed by atoms with Gasteiger partial charge in [-0.15, -0.1) is 0 Å². The molecule has 2 aromatic carbocycles. The molecule has 1 aliphatic carbocycles. The number of aromatic nitrogens is 1. The summed E-state index contributed by atoms with van der Waals surface area (Å²) in [6.45, 7) is 0. The Bertz CT molecular complexity index is 1080. The van der Waals surface area contributed by atoms with E-state index in [1.165, 1.54) is 6.07 Å². The minimum absolute atomic E-state index is 0.0415. The van der Waals surface area contributed by atoms with E-state index >= 15 is 0 Å². The number of benzene rings is 2. The predicted molar refractivity (Wildman–Crippen MR) is 104 cm³/mol. The number of halogens is 3. The molecule has 4 N–H and O–H groups in total. The summed E-state index contributed by atoms with van der Waals surface area (Å²) in [7, 11) is 0. The average Bonchev–Trinajstić information content (AvgIpc) is 3.43. The average molecular weight is 397 g/mol. The molecule has 1 amide bonds.